The Balaban J connectivity index is 2.09. The number of hydrogen-bond donors (Lipinski definition) is 1. The quantitative estimate of drug-likeness (QED) is 0.770. The van der Waals surface area contributed by atoms with Gasteiger partial charge >= 0.3 is 0 Å². The van der Waals surface area contributed by atoms with Gasteiger partial charge in [0.1, 0.15) is 0 Å². The molecule has 2 unspecified atom stereocenters. The molecule has 2 atom stereocenters. The molecule has 2 nitrogen and oxygen atoms in total. The molecule has 72 valence electrons. The van der Waals surface area contributed by atoms with E-state index in [1.54, 1.807) is 11.3 Å². The topological polar surface area (TPSA) is 29.1 Å². The second kappa shape index (κ2) is 4.35. The van der Waals surface area contributed by atoms with Gasteiger partial charge < -0.3 is 5.32 Å². The molecule has 1 fully saturated rings. The number of hydrogen-bond acceptors (Lipinski definition) is 3. The van der Waals surface area contributed by atoms with E-state index in [-0.39, 0.29) is 0 Å². The van der Waals surface area contributed by atoms with Crippen LogP contribution in [-0.2, 0) is 10.8 Å². The molecule has 1 aromatic rings. The fourth-order valence-electron chi connectivity index (χ4n) is 1.51. The van der Waals surface area contributed by atoms with Crippen LogP contribution in [0.2, 0.25) is 0 Å². The minimum atomic E-state index is -0.628. The minimum absolute atomic E-state index is 0.323. The summed E-state index contributed by atoms with van der Waals surface area (Å²) in [5.74, 6) is 1.63. The summed E-state index contributed by atoms with van der Waals surface area (Å²) in [5, 5.41) is 5.51. The lowest BCUT2D eigenvalue weighted by atomic mass is 10.2. The van der Waals surface area contributed by atoms with Crippen molar-refractivity contribution in [3.8, 4) is 0 Å². The van der Waals surface area contributed by atoms with Crippen LogP contribution in [0.3, 0.4) is 0 Å². The first-order chi connectivity index (χ1) is 6.36. The SMILES string of the molecule is O=S1CCCNC(c2cccs2)C1. The maximum Gasteiger partial charge on any atom is 0.0531 e. The molecule has 4 heteroatoms. The van der Waals surface area contributed by atoms with Gasteiger partial charge in [-0.1, -0.05) is 6.07 Å². The van der Waals surface area contributed by atoms with E-state index in [4.69, 9.17) is 0 Å². The highest BCUT2D eigenvalue weighted by atomic mass is 32.2. The Bertz CT molecular complexity index is 284. The number of thiophene rings is 1. The molecule has 0 amide bonds. The molecule has 0 aliphatic carbocycles. The zero-order valence-corrected chi connectivity index (χ0v) is 9.00. The lowest BCUT2D eigenvalue weighted by Gasteiger charge is -2.12. The first-order valence-corrected chi connectivity index (χ1v) is 6.85. The van der Waals surface area contributed by atoms with Crippen molar-refractivity contribution in [1.82, 2.24) is 5.32 Å². The van der Waals surface area contributed by atoms with Crippen LogP contribution in [0.25, 0.3) is 0 Å². The summed E-state index contributed by atoms with van der Waals surface area (Å²) >= 11 is 1.74. The summed E-state index contributed by atoms with van der Waals surface area (Å²) in [4.78, 5) is 1.32. The van der Waals surface area contributed by atoms with Crippen molar-refractivity contribution in [2.24, 2.45) is 0 Å². The zero-order chi connectivity index (χ0) is 9.10. The molecule has 0 aromatic carbocycles. The van der Waals surface area contributed by atoms with Crippen molar-refractivity contribution in [1.29, 1.82) is 0 Å². The van der Waals surface area contributed by atoms with Crippen LogP contribution in [-0.4, -0.2) is 22.3 Å². The van der Waals surface area contributed by atoms with Crippen LogP contribution in [0.15, 0.2) is 17.5 Å². The highest BCUT2D eigenvalue weighted by Gasteiger charge is 2.18. The molecule has 0 spiro atoms. The van der Waals surface area contributed by atoms with Crippen LogP contribution in [0.1, 0.15) is 17.3 Å². The van der Waals surface area contributed by atoms with Crippen molar-refractivity contribution in [2.45, 2.75) is 12.5 Å². The first-order valence-electron chi connectivity index (χ1n) is 4.48. The Morgan fingerprint density at radius 2 is 2.54 bits per heavy atom. The molecule has 1 aromatic heterocycles. The molecule has 1 N–H and O–H groups in total. The van der Waals surface area contributed by atoms with Gasteiger partial charge in [0.05, 0.1) is 6.04 Å². The largest absolute Gasteiger partial charge is 0.308 e. The lowest BCUT2D eigenvalue weighted by molar-refractivity contribution is 0.595. The Hall–Kier alpha value is -0.190. The summed E-state index contributed by atoms with van der Waals surface area (Å²) in [7, 11) is -0.628. The number of rotatable bonds is 1. The molecule has 2 heterocycles. The van der Waals surface area contributed by atoms with Crippen LogP contribution >= 0.6 is 11.3 Å². The molecule has 1 aliphatic heterocycles. The molecular weight excluding hydrogens is 202 g/mol. The van der Waals surface area contributed by atoms with Crippen molar-refractivity contribution in [2.75, 3.05) is 18.1 Å². The highest BCUT2D eigenvalue weighted by Crippen LogP contribution is 2.21. The predicted molar refractivity (Wildman–Crippen MR) is 57.6 cm³/mol. The molecule has 1 aliphatic rings. The highest BCUT2D eigenvalue weighted by molar-refractivity contribution is 7.85. The summed E-state index contributed by atoms with van der Waals surface area (Å²) in [6, 6.07) is 4.49. The third kappa shape index (κ3) is 2.39. The monoisotopic (exact) mass is 215 g/mol. The lowest BCUT2D eigenvalue weighted by Crippen LogP contribution is -2.22. The van der Waals surface area contributed by atoms with E-state index in [2.05, 4.69) is 22.8 Å². The normalized spacial score (nSPS) is 29.8. The Kier molecular flexibility index (Phi) is 3.14. The second-order valence-electron chi connectivity index (χ2n) is 3.19. The fourth-order valence-corrected chi connectivity index (χ4v) is 3.72. The zero-order valence-electron chi connectivity index (χ0n) is 7.36. The van der Waals surface area contributed by atoms with Gasteiger partial charge in [-0.3, -0.25) is 4.21 Å². The molecule has 0 bridgehead atoms. The van der Waals surface area contributed by atoms with Gasteiger partial charge in [-0.15, -0.1) is 11.3 Å². The van der Waals surface area contributed by atoms with Crippen molar-refractivity contribution in [3.63, 3.8) is 0 Å². The van der Waals surface area contributed by atoms with Crippen molar-refractivity contribution in [3.05, 3.63) is 22.4 Å². The van der Waals surface area contributed by atoms with E-state index in [0.29, 0.717) is 6.04 Å². The van der Waals surface area contributed by atoms with Gasteiger partial charge in [-0.25, -0.2) is 0 Å². The van der Waals surface area contributed by atoms with E-state index < -0.39 is 10.8 Å². The summed E-state index contributed by atoms with van der Waals surface area (Å²) in [5.41, 5.74) is 0. The van der Waals surface area contributed by atoms with Gasteiger partial charge in [-0.2, -0.15) is 0 Å². The van der Waals surface area contributed by atoms with Gasteiger partial charge in [0.15, 0.2) is 0 Å². The molecule has 0 radical (unpaired) electrons. The average Bonchev–Trinajstić information content (AvgIpc) is 2.56. The third-order valence-corrected chi connectivity index (χ3v) is 4.61. The van der Waals surface area contributed by atoms with E-state index in [0.717, 1.165) is 24.5 Å². The van der Waals surface area contributed by atoms with Crippen molar-refractivity contribution < 1.29 is 4.21 Å². The van der Waals surface area contributed by atoms with E-state index in [1.807, 2.05) is 0 Å². The molecule has 0 saturated carbocycles. The molecular formula is C9H13NOS2. The standard InChI is InChI=1S/C9H13NOS2/c11-13-6-2-4-10-8(7-13)9-3-1-5-12-9/h1,3,5,8,10H,2,4,6-7H2. The number of nitrogens with one attached hydrogen (secondary N) is 1. The molecule has 2 rings (SSSR count). The van der Waals surface area contributed by atoms with E-state index in [9.17, 15) is 4.21 Å². The van der Waals surface area contributed by atoms with Crippen LogP contribution in [0.5, 0.6) is 0 Å². The fraction of sp³-hybridized carbons (Fsp3) is 0.556. The Morgan fingerprint density at radius 1 is 1.62 bits per heavy atom. The Labute approximate surface area is 84.8 Å². The summed E-state index contributed by atoms with van der Waals surface area (Å²) in [6.45, 7) is 0.994. The van der Waals surface area contributed by atoms with Gasteiger partial charge in [0, 0.05) is 27.2 Å². The minimum Gasteiger partial charge on any atom is -0.308 e. The van der Waals surface area contributed by atoms with Crippen LogP contribution in [0.4, 0.5) is 0 Å². The third-order valence-electron chi connectivity index (χ3n) is 2.18. The Morgan fingerprint density at radius 3 is 3.31 bits per heavy atom. The first kappa shape index (κ1) is 9.37. The van der Waals surface area contributed by atoms with Gasteiger partial charge in [0.25, 0.3) is 0 Å². The molecule has 13 heavy (non-hydrogen) atoms. The predicted octanol–water partition coefficient (Wildman–Crippen LogP) is 1.53. The molecule has 1 saturated heterocycles. The maximum atomic E-state index is 11.5. The summed E-state index contributed by atoms with van der Waals surface area (Å²) < 4.78 is 11.5. The van der Waals surface area contributed by atoms with Gasteiger partial charge in [0.2, 0.25) is 0 Å². The average molecular weight is 215 g/mol. The maximum absolute atomic E-state index is 11.5. The van der Waals surface area contributed by atoms with E-state index in [1.165, 1.54) is 4.88 Å². The van der Waals surface area contributed by atoms with Crippen LogP contribution < -0.4 is 5.32 Å². The summed E-state index contributed by atoms with van der Waals surface area (Å²) in [6.07, 6.45) is 1.04. The van der Waals surface area contributed by atoms with E-state index >= 15 is 0 Å². The van der Waals surface area contributed by atoms with Gasteiger partial charge in [-0.05, 0) is 24.4 Å². The van der Waals surface area contributed by atoms with Crippen LogP contribution in [0, 0.1) is 0 Å². The van der Waals surface area contributed by atoms with Crippen molar-refractivity contribution >= 4 is 22.1 Å². The second-order valence-corrected chi connectivity index (χ2v) is 5.79. The smallest absolute Gasteiger partial charge is 0.0531 e.